The third-order valence-corrected chi connectivity index (χ3v) is 5.90. The van der Waals surface area contributed by atoms with Crippen molar-refractivity contribution >= 4 is 23.0 Å². The van der Waals surface area contributed by atoms with Crippen molar-refractivity contribution in [1.82, 2.24) is 10.4 Å². The van der Waals surface area contributed by atoms with Crippen molar-refractivity contribution in [3.63, 3.8) is 0 Å². The lowest BCUT2D eigenvalue weighted by molar-refractivity contribution is -0.123. The first kappa shape index (κ1) is 18.2. The van der Waals surface area contributed by atoms with Crippen LogP contribution in [-0.2, 0) is 9.59 Å². The summed E-state index contributed by atoms with van der Waals surface area (Å²) in [5, 5.41) is 13.2. The second kappa shape index (κ2) is 6.29. The Bertz CT molecular complexity index is 901. The number of carbonyl (C=O) groups excluding carboxylic acids is 2. The molecular weight excluding hydrogens is 348 g/mol. The molecule has 1 aromatic rings. The number of hydrogen-bond donors (Lipinski definition) is 2. The van der Waals surface area contributed by atoms with Crippen LogP contribution in [0.3, 0.4) is 0 Å². The summed E-state index contributed by atoms with van der Waals surface area (Å²) in [6.45, 7) is 7.39. The summed E-state index contributed by atoms with van der Waals surface area (Å²) < 4.78 is 0. The second-order valence-corrected chi connectivity index (χ2v) is 8.56. The molecule has 1 atom stereocenters. The fraction of sp³-hybridized carbons (Fsp3) is 0.421. The lowest BCUT2D eigenvalue weighted by Crippen LogP contribution is -2.49. The van der Waals surface area contributed by atoms with Gasteiger partial charge in [-0.1, -0.05) is 13.8 Å². The van der Waals surface area contributed by atoms with E-state index >= 15 is 0 Å². The van der Waals surface area contributed by atoms with Crippen LogP contribution in [0.15, 0.2) is 34.1 Å². The van der Waals surface area contributed by atoms with Gasteiger partial charge in [0.2, 0.25) is 5.91 Å². The summed E-state index contributed by atoms with van der Waals surface area (Å²) in [4.78, 5) is 25.8. The fourth-order valence-corrected chi connectivity index (χ4v) is 4.78. The first-order valence-electron chi connectivity index (χ1n) is 8.43. The van der Waals surface area contributed by atoms with E-state index < -0.39 is 5.92 Å². The van der Waals surface area contributed by atoms with Gasteiger partial charge in [-0.15, -0.1) is 11.3 Å². The SMILES string of the molecule is CC(=O)NN1C(N)=C(C#N)C(c2sccc2C)C2=C1CC(C)(C)CC2=O. The molecule has 136 valence electrons. The third kappa shape index (κ3) is 2.90. The monoisotopic (exact) mass is 370 g/mol. The van der Waals surface area contributed by atoms with Gasteiger partial charge in [0.15, 0.2) is 5.78 Å². The van der Waals surface area contributed by atoms with Crippen LogP contribution in [0.25, 0.3) is 0 Å². The highest BCUT2D eigenvalue weighted by molar-refractivity contribution is 7.10. The number of carbonyl (C=O) groups is 2. The van der Waals surface area contributed by atoms with E-state index in [1.807, 2.05) is 32.2 Å². The van der Waals surface area contributed by atoms with E-state index in [-0.39, 0.29) is 22.9 Å². The molecule has 3 rings (SSSR count). The summed E-state index contributed by atoms with van der Waals surface area (Å²) >= 11 is 1.52. The van der Waals surface area contributed by atoms with Crippen LogP contribution in [0.2, 0.25) is 0 Å². The number of allylic oxidation sites excluding steroid dienone is 3. The van der Waals surface area contributed by atoms with Gasteiger partial charge in [0.25, 0.3) is 0 Å². The zero-order valence-electron chi connectivity index (χ0n) is 15.3. The van der Waals surface area contributed by atoms with Gasteiger partial charge in [-0.3, -0.25) is 15.0 Å². The van der Waals surface area contributed by atoms with E-state index in [9.17, 15) is 14.9 Å². The summed E-state index contributed by atoms with van der Waals surface area (Å²) in [5.74, 6) is -0.586. The molecule has 1 aliphatic heterocycles. The molecule has 0 fully saturated rings. The van der Waals surface area contributed by atoms with Crippen LogP contribution in [-0.4, -0.2) is 16.7 Å². The van der Waals surface area contributed by atoms with Gasteiger partial charge in [-0.2, -0.15) is 5.26 Å². The summed E-state index contributed by atoms with van der Waals surface area (Å²) in [6, 6.07) is 4.15. The molecule has 6 nitrogen and oxygen atoms in total. The molecule has 0 aromatic carbocycles. The van der Waals surface area contributed by atoms with Crippen LogP contribution in [0.5, 0.6) is 0 Å². The van der Waals surface area contributed by atoms with Crippen LogP contribution in [0.4, 0.5) is 0 Å². The molecule has 1 unspecified atom stereocenters. The van der Waals surface area contributed by atoms with Gasteiger partial charge in [0.1, 0.15) is 5.82 Å². The third-order valence-electron chi connectivity index (χ3n) is 4.81. The predicted octanol–water partition coefficient (Wildman–Crippen LogP) is 2.84. The lowest BCUT2D eigenvalue weighted by Gasteiger charge is -2.43. The van der Waals surface area contributed by atoms with Gasteiger partial charge in [0, 0.05) is 23.8 Å². The number of nitrogens with one attached hydrogen (secondary N) is 1. The molecule has 0 saturated carbocycles. The molecule has 0 radical (unpaired) electrons. The van der Waals surface area contributed by atoms with Crippen LogP contribution in [0, 0.1) is 23.7 Å². The largest absolute Gasteiger partial charge is 0.383 e. The molecule has 0 bridgehead atoms. The van der Waals surface area contributed by atoms with Crippen molar-refractivity contribution in [1.29, 1.82) is 5.26 Å². The molecule has 26 heavy (non-hydrogen) atoms. The maximum absolute atomic E-state index is 13.1. The number of nitrogens with two attached hydrogens (primary N) is 1. The molecule has 1 amide bonds. The van der Waals surface area contributed by atoms with Crippen LogP contribution >= 0.6 is 11.3 Å². The molecule has 2 aliphatic rings. The smallest absolute Gasteiger partial charge is 0.235 e. The number of nitriles is 1. The van der Waals surface area contributed by atoms with Gasteiger partial charge in [-0.05, 0) is 35.8 Å². The average molecular weight is 370 g/mol. The zero-order chi connectivity index (χ0) is 19.2. The predicted molar refractivity (Wildman–Crippen MR) is 99.3 cm³/mol. The van der Waals surface area contributed by atoms with Gasteiger partial charge in [0.05, 0.1) is 23.3 Å². The van der Waals surface area contributed by atoms with Crippen LogP contribution in [0.1, 0.15) is 50.0 Å². The molecule has 7 heteroatoms. The number of amides is 1. The standard InChI is InChI=1S/C19H22N4O2S/c1-10-5-6-26-17(10)15-12(9-20)18(21)23(22-11(2)24)13-7-19(3,4)8-14(25)16(13)15/h5-6,15H,7-8,21H2,1-4H3,(H,22,24). The minimum atomic E-state index is -0.469. The number of nitrogens with zero attached hydrogens (tertiary/aromatic N) is 2. The first-order valence-corrected chi connectivity index (χ1v) is 9.31. The quantitative estimate of drug-likeness (QED) is 0.834. The van der Waals surface area contributed by atoms with Gasteiger partial charge < -0.3 is 5.73 Å². The Morgan fingerprint density at radius 2 is 2.15 bits per heavy atom. The Kier molecular flexibility index (Phi) is 4.41. The lowest BCUT2D eigenvalue weighted by atomic mass is 9.70. The maximum Gasteiger partial charge on any atom is 0.235 e. The number of aryl methyl sites for hydroxylation is 1. The molecule has 1 aromatic heterocycles. The second-order valence-electron chi connectivity index (χ2n) is 7.62. The first-order chi connectivity index (χ1) is 12.2. The molecule has 0 saturated heterocycles. The Morgan fingerprint density at radius 3 is 2.69 bits per heavy atom. The fourth-order valence-electron chi connectivity index (χ4n) is 3.74. The number of rotatable bonds is 2. The number of hydrogen-bond acceptors (Lipinski definition) is 6. The van der Waals surface area contributed by atoms with Crippen molar-refractivity contribution in [2.45, 2.75) is 46.5 Å². The van der Waals surface area contributed by atoms with E-state index in [0.717, 1.165) is 10.4 Å². The van der Waals surface area contributed by atoms with Crippen molar-refractivity contribution < 1.29 is 9.59 Å². The van der Waals surface area contributed by atoms with E-state index in [1.165, 1.54) is 23.3 Å². The van der Waals surface area contributed by atoms with Gasteiger partial charge >= 0.3 is 0 Å². The summed E-state index contributed by atoms with van der Waals surface area (Å²) in [5.41, 5.74) is 11.3. The minimum Gasteiger partial charge on any atom is -0.383 e. The van der Waals surface area contributed by atoms with Crippen molar-refractivity contribution in [3.8, 4) is 6.07 Å². The number of thiophene rings is 1. The van der Waals surface area contributed by atoms with Crippen LogP contribution < -0.4 is 11.2 Å². The Labute approximate surface area is 156 Å². The zero-order valence-corrected chi connectivity index (χ0v) is 16.2. The van der Waals surface area contributed by atoms with E-state index in [0.29, 0.717) is 29.7 Å². The van der Waals surface area contributed by atoms with E-state index in [4.69, 9.17) is 5.73 Å². The molecule has 3 N–H and O–H groups in total. The van der Waals surface area contributed by atoms with E-state index in [1.54, 1.807) is 0 Å². The highest BCUT2D eigenvalue weighted by atomic mass is 32.1. The maximum atomic E-state index is 13.1. The number of hydrazine groups is 1. The summed E-state index contributed by atoms with van der Waals surface area (Å²) in [6.07, 6.45) is 0.994. The highest BCUT2D eigenvalue weighted by Crippen LogP contribution is 2.49. The number of Topliss-reactive ketones (excluding diaryl/α,β-unsaturated/α-hetero) is 1. The van der Waals surface area contributed by atoms with Crippen molar-refractivity contribution in [2.24, 2.45) is 11.1 Å². The highest BCUT2D eigenvalue weighted by Gasteiger charge is 2.45. The summed E-state index contributed by atoms with van der Waals surface area (Å²) in [7, 11) is 0. The van der Waals surface area contributed by atoms with Crippen molar-refractivity contribution in [3.05, 3.63) is 44.6 Å². The topological polar surface area (TPSA) is 99.2 Å². The molecule has 0 spiro atoms. The Morgan fingerprint density at radius 1 is 1.46 bits per heavy atom. The number of ketones is 1. The molecule has 1 aliphatic carbocycles. The Hall–Kier alpha value is -2.59. The molecule has 2 heterocycles. The molecular formula is C19H22N4O2S. The average Bonchev–Trinajstić information content (AvgIpc) is 2.94. The minimum absolute atomic E-state index is 0.00431. The normalized spacial score (nSPS) is 22.2. The van der Waals surface area contributed by atoms with Crippen molar-refractivity contribution in [2.75, 3.05) is 0 Å². The van der Waals surface area contributed by atoms with E-state index in [2.05, 4.69) is 11.5 Å². The van der Waals surface area contributed by atoms with Gasteiger partial charge in [-0.25, -0.2) is 5.01 Å². The Balaban J connectivity index is 2.27.